The number of fused-ring (bicyclic) bond motifs is 1. The maximum absolute atomic E-state index is 6.82. The van der Waals surface area contributed by atoms with Crippen molar-refractivity contribution in [2.75, 3.05) is 39.6 Å². The SMILES string of the molecule is CCCCCCCCCCCCOCC1(COCCCCCCCCCCCC)COc2[c]([Sn]([CH3])([CH3])[CH3])s[c]([Sn]([CH3])([CH3])[CH3])c2OC1. The molecule has 46 heavy (non-hydrogen) atoms. The van der Waals surface area contributed by atoms with E-state index in [4.69, 9.17) is 18.9 Å². The number of thiophene rings is 1. The standard InChI is InChI=1S/C33H58O4S.6CH3.2Sn/c1-3-5-7-9-11-13-15-17-19-21-23-34-27-33(29-36-31-25-38-26-32(31)37-30-33)28-35-24-22-20-18-16-14-12-10-8-6-4-2;;;;;;;;/h3-24,27-30H2,1-2H3;6*1H3;;. The molecule has 0 radical (unpaired) electrons. The third kappa shape index (κ3) is 17.2. The minimum absolute atomic E-state index is 0.261. The van der Waals surface area contributed by atoms with Crippen LogP contribution in [0.4, 0.5) is 0 Å². The molecule has 0 unspecified atom stereocenters. The van der Waals surface area contributed by atoms with Gasteiger partial charge in [0.05, 0.1) is 0 Å². The van der Waals surface area contributed by atoms with E-state index < -0.39 is 36.8 Å². The van der Waals surface area contributed by atoms with Gasteiger partial charge in [0.25, 0.3) is 0 Å². The summed E-state index contributed by atoms with van der Waals surface area (Å²) in [5.74, 6) is 2.20. The molecule has 7 heteroatoms. The molecule has 1 aliphatic heterocycles. The number of hydrogen-bond acceptors (Lipinski definition) is 5. The summed E-state index contributed by atoms with van der Waals surface area (Å²) in [4.78, 5) is 15.1. The van der Waals surface area contributed by atoms with Gasteiger partial charge in [-0.25, -0.2) is 0 Å². The van der Waals surface area contributed by atoms with E-state index >= 15 is 0 Å². The van der Waals surface area contributed by atoms with Crippen LogP contribution < -0.4 is 15.3 Å². The molecule has 0 atom stereocenters. The van der Waals surface area contributed by atoms with Crippen molar-refractivity contribution in [2.24, 2.45) is 5.41 Å². The first kappa shape index (κ1) is 43.0. The summed E-state index contributed by atoms with van der Waals surface area (Å²) in [6.07, 6.45) is 27.0. The van der Waals surface area contributed by atoms with Gasteiger partial charge in [-0.05, 0) is 0 Å². The van der Waals surface area contributed by atoms with Gasteiger partial charge in [-0.3, -0.25) is 0 Å². The Bertz CT molecular complexity index is 835. The van der Waals surface area contributed by atoms with Crippen molar-refractivity contribution in [3.8, 4) is 11.5 Å². The molecule has 0 spiro atoms. The van der Waals surface area contributed by atoms with E-state index in [0.29, 0.717) is 26.4 Å². The molecule has 0 aliphatic carbocycles. The quantitative estimate of drug-likeness (QED) is 0.0621. The molecule has 0 saturated heterocycles. The fourth-order valence-electron chi connectivity index (χ4n) is 6.31. The maximum atomic E-state index is 6.82. The van der Waals surface area contributed by atoms with Gasteiger partial charge in [0.2, 0.25) is 0 Å². The second-order valence-electron chi connectivity index (χ2n) is 16.5. The zero-order valence-corrected chi connectivity index (χ0v) is 38.5. The minimum atomic E-state index is -2.39. The summed E-state index contributed by atoms with van der Waals surface area (Å²) in [7, 11) is 0. The normalized spacial score (nSPS) is 15.0. The van der Waals surface area contributed by atoms with Gasteiger partial charge in [0.1, 0.15) is 0 Å². The van der Waals surface area contributed by atoms with Crippen molar-refractivity contribution in [3.63, 3.8) is 0 Å². The van der Waals surface area contributed by atoms with Crippen molar-refractivity contribution < 1.29 is 18.9 Å². The van der Waals surface area contributed by atoms with Crippen LogP contribution in [0.3, 0.4) is 0 Å². The molecule has 0 aromatic carbocycles. The molecule has 0 fully saturated rings. The second kappa shape index (κ2) is 24.1. The fraction of sp³-hybridized carbons (Fsp3) is 0.897. The average molecular weight is 879 g/mol. The first-order valence-electron chi connectivity index (χ1n) is 19.6. The van der Waals surface area contributed by atoms with Crippen LogP contribution in [0.2, 0.25) is 29.6 Å². The molecular formula is C39H76O4SSn2. The molecule has 270 valence electrons. The van der Waals surface area contributed by atoms with E-state index in [1.807, 2.05) is 11.3 Å². The molecule has 1 aliphatic rings. The van der Waals surface area contributed by atoms with Crippen LogP contribution in [-0.4, -0.2) is 76.4 Å². The molecule has 1 aromatic heterocycles. The predicted molar refractivity (Wildman–Crippen MR) is 209 cm³/mol. The second-order valence-corrected chi connectivity index (χ2v) is 48.1. The summed E-state index contributed by atoms with van der Waals surface area (Å²) in [5.41, 5.74) is -0.261. The zero-order valence-electron chi connectivity index (χ0n) is 31.9. The van der Waals surface area contributed by atoms with E-state index in [1.165, 1.54) is 116 Å². The number of ether oxygens (including phenoxy) is 4. The molecule has 1 aromatic rings. The van der Waals surface area contributed by atoms with Crippen molar-refractivity contribution in [2.45, 2.75) is 172 Å². The van der Waals surface area contributed by atoms with Gasteiger partial charge in [0, 0.05) is 0 Å². The van der Waals surface area contributed by atoms with Crippen LogP contribution in [0.15, 0.2) is 0 Å². The van der Waals surface area contributed by atoms with Crippen LogP contribution in [-0.2, 0) is 9.47 Å². The summed E-state index contributed by atoms with van der Waals surface area (Å²) in [6.45, 7) is 8.79. The number of rotatable bonds is 28. The molecule has 0 N–H and O–H groups in total. The first-order valence-corrected chi connectivity index (χ1v) is 40.4. The molecule has 0 bridgehead atoms. The molecule has 2 heterocycles. The Morgan fingerprint density at radius 3 is 1.11 bits per heavy atom. The average Bonchev–Trinajstić information content (AvgIpc) is 3.31. The first-order chi connectivity index (χ1) is 22.0. The third-order valence-electron chi connectivity index (χ3n) is 9.33. The van der Waals surface area contributed by atoms with E-state index in [0.717, 1.165) is 37.6 Å². The van der Waals surface area contributed by atoms with Gasteiger partial charge in [-0.15, -0.1) is 0 Å². The predicted octanol–water partition coefficient (Wildman–Crippen LogP) is 11.5. The van der Waals surface area contributed by atoms with Crippen molar-refractivity contribution in [1.82, 2.24) is 0 Å². The Kier molecular flexibility index (Phi) is 22.5. The third-order valence-corrected chi connectivity index (χ3v) is 29.1. The van der Waals surface area contributed by atoms with Crippen LogP contribution in [0, 0.1) is 5.41 Å². The van der Waals surface area contributed by atoms with E-state index in [-0.39, 0.29) is 5.41 Å². The summed E-state index contributed by atoms with van der Waals surface area (Å²) < 4.78 is 29.6. The van der Waals surface area contributed by atoms with E-state index in [1.54, 1.807) is 5.79 Å². The number of hydrogen-bond donors (Lipinski definition) is 0. The Labute approximate surface area is 299 Å². The molecule has 0 saturated carbocycles. The van der Waals surface area contributed by atoms with Crippen molar-refractivity contribution >= 4 is 53.9 Å². The van der Waals surface area contributed by atoms with Crippen molar-refractivity contribution in [1.29, 1.82) is 0 Å². The summed E-state index contributed by atoms with van der Waals surface area (Å²) >= 11 is -2.74. The van der Waals surface area contributed by atoms with Crippen LogP contribution in [0.1, 0.15) is 142 Å². The van der Waals surface area contributed by atoms with Gasteiger partial charge < -0.3 is 0 Å². The number of unbranched alkanes of at least 4 members (excludes halogenated alkanes) is 18. The molecule has 0 amide bonds. The van der Waals surface area contributed by atoms with Gasteiger partial charge >= 0.3 is 210 Å². The summed E-state index contributed by atoms with van der Waals surface area (Å²) in [5, 5.41) is 0. The van der Waals surface area contributed by atoms with Crippen LogP contribution in [0.5, 0.6) is 11.5 Å². The van der Waals surface area contributed by atoms with Gasteiger partial charge in [-0.1, -0.05) is 90.9 Å². The molecule has 4 nitrogen and oxygen atoms in total. The monoisotopic (exact) mass is 880 g/mol. The topological polar surface area (TPSA) is 36.9 Å². The van der Waals surface area contributed by atoms with E-state index in [2.05, 4.69) is 43.5 Å². The van der Waals surface area contributed by atoms with Crippen LogP contribution in [0.25, 0.3) is 0 Å². The van der Waals surface area contributed by atoms with Gasteiger partial charge in [0.15, 0.2) is 0 Å². The van der Waals surface area contributed by atoms with Crippen LogP contribution >= 0.6 is 11.3 Å². The Morgan fingerprint density at radius 1 is 0.500 bits per heavy atom. The molecular weight excluding hydrogens is 802 g/mol. The van der Waals surface area contributed by atoms with Gasteiger partial charge in [-0.2, -0.15) is 0 Å². The summed E-state index contributed by atoms with van der Waals surface area (Å²) in [6, 6.07) is 0. The van der Waals surface area contributed by atoms with E-state index in [9.17, 15) is 0 Å². The Morgan fingerprint density at radius 2 is 0.804 bits per heavy atom. The molecule has 2 rings (SSSR count). The Balaban J connectivity index is 1.88. The zero-order chi connectivity index (χ0) is 33.7. The van der Waals surface area contributed by atoms with Crippen molar-refractivity contribution in [3.05, 3.63) is 0 Å². The Hall–Kier alpha value is 0.817. The fourth-order valence-corrected chi connectivity index (χ4v) is 22.1.